The molecule has 0 atom stereocenters. The summed E-state index contributed by atoms with van der Waals surface area (Å²) in [5, 5.41) is 11.9. The van der Waals surface area contributed by atoms with Crippen molar-refractivity contribution in [3.05, 3.63) is 48.0 Å². The number of benzene rings is 2. The molecule has 7 heteroatoms. The van der Waals surface area contributed by atoms with Crippen molar-refractivity contribution in [1.29, 1.82) is 0 Å². The second-order valence-corrected chi connectivity index (χ2v) is 7.31. The molecule has 0 bridgehead atoms. The third kappa shape index (κ3) is 6.59. The smallest absolute Gasteiger partial charge is 0.870 e. The third-order valence-corrected chi connectivity index (χ3v) is 4.91. The standard InChI is InChI=1S/C19H24O5S.Na/c1-2-3-4-5-6-10-15-17(13-9-14-19(15)25(21,22)23)24-18-12-8-7-11-16(18)20;/h7-9,11-14,20H,2-6,10H2,1H3,(H,21,22,23);/q;+1/p-1. The number of unbranched alkanes of at least 4 members (excludes halogenated alkanes) is 4. The summed E-state index contributed by atoms with van der Waals surface area (Å²) in [5.41, 5.74) is 0.407. The van der Waals surface area contributed by atoms with Crippen molar-refractivity contribution in [3.8, 4) is 17.2 Å². The van der Waals surface area contributed by atoms with Gasteiger partial charge in [0.15, 0.2) is 0 Å². The molecule has 0 heterocycles. The van der Waals surface area contributed by atoms with Crippen LogP contribution in [-0.4, -0.2) is 13.0 Å². The van der Waals surface area contributed by atoms with Crippen LogP contribution in [0.5, 0.6) is 17.2 Å². The summed E-state index contributed by atoms with van der Waals surface area (Å²) in [6, 6.07) is 10.7. The van der Waals surface area contributed by atoms with E-state index in [0.717, 1.165) is 32.1 Å². The van der Waals surface area contributed by atoms with E-state index in [1.54, 1.807) is 18.2 Å². The Balaban J connectivity index is 0.00000338. The molecule has 0 unspecified atom stereocenters. The van der Waals surface area contributed by atoms with Gasteiger partial charge in [-0.15, -0.1) is 0 Å². The van der Waals surface area contributed by atoms with E-state index >= 15 is 0 Å². The SMILES string of the molecule is CCCCCCCc1c(Oc2ccccc2[O-])cccc1S(=O)(=O)O.[Na+]. The number of hydrogen-bond donors (Lipinski definition) is 1. The molecule has 0 aromatic heterocycles. The molecule has 0 fully saturated rings. The van der Waals surface area contributed by atoms with Crippen molar-refractivity contribution in [3.63, 3.8) is 0 Å². The normalized spacial score (nSPS) is 11.0. The average Bonchev–Trinajstić information content (AvgIpc) is 2.56. The molecule has 136 valence electrons. The van der Waals surface area contributed by atoms with Gasteiger partial charge in [-0.1, -0.05) is 62.6 Å². The van der Waals surface area contributed by atoms with E-state index in [1.807, 2.05) is 0 Å². The first-order valence-electron chi connectivity index (χ1n) is 8.46. The number of hydrogen-bond acceptors (Lipinski definition) is 4. The summed E-state index contributed by atoms with van der Waals surface area (Å²) >= 11 is 0. The quantitative estimate of drug-likeness (QED) is 0.399. The Morgan fingerprint density at radius 1 is 0.962 bits per heavy atom. The van der Waals surface area contributed by atoms with Gasteiger partial charge >= 0.3 is 29.6 Å². The molecule has 2 aromatic rings. The van der Waals surface area contributed by atoms with Crippen molar-refractivity contribution in [2.45, 2.75) is 50.3 Å². The molecule has 0 aliphatic carbocycles. The van der Waals surface area contributed by atoms with E-state index in [9.17, 15) is 18.1 Å². The van der Waals surface area contributed by atoms with Gasteiger partial charge in [-0.3, -0.25) is 4.55 Å². The van der Waals surface area contributed by atoms with Crippen LogP contribution in [0.2, 0.25) is 0 Å². The Labute approximate surface area is 177 Å². The maximum absolute atomic E-state index is 11.9. The Morgan fingerprint density at radius 3 is 2.27 bits per heavy atom. The molecule has 0 saturated carbocycles. The number of rotatable bonds is 9. The molecule has 0 aliphatic heterocycles. The van der Waals surface area contributed by atoms with E-state index in [2.05, 4.69) is 6.92 Å². The first kappa shape index (κ1) is 23.0. The summed E-state index contributed by atoms with van der Waals surface area (Å²) in [6.45, 7) is 2.12. The van der Waals surface area contributed by atoms with E-state index < -0.39 is 10.1 Å². The first-order chi connectivity index (χ1) is 11.9. The molecule has 1 N–H and O–H groups in total. The second-order valence-electron chi connectivity index (χ2n) is 5.92. The first-order valence-corrected chi connectivity index (χ1v) is 9.90. The fourth-order valence-electron chi connectivity index (χ4n) is 2.69. The van der Waals surface area contributed by atoms with E-state index in [1.165, 1.54) is 24.3 Å². The minimum Gasteiger partial charge on any atom is -0.870 e. The predicted octanol–water partition coefficient (Wildman–Crippen LogP) is 1.32. The number of para-hydroxylation sites is 2. The van der Waals surface area contributed by atoms with Crippen molar-refractivity contribution in [2.75, 3.05) is 0 Å². The van der Waals surface area contributed by atoms with Crippen molar-refractivity contribution in [1.82, 2.24) is 0 Å². The minimum atomic E-state index is -4.36. The summed E-state index contributed by atoms with van der Waals surface area (Å²) < 4.78 is 38.6. The van der Waals surface area contributed by atoms with E-state index in [0.29, 0.717) is 12.0 Å². The van der Waals surface area contributed by atoms with E-state index in [4.69, 9.17) is 4.74 Å². The van der Waals surface area contributed by atoms with Crippen LogP contribution in [0.15, 0.2) is 47.4 Å². The molecule has 5 nitrogen and oxygen atoms in total. The second kappa shape index (κ2) is 10.9. The predicted molar refractivity (Wildman–Crippen MR) is 94.7 cm³/mol. The fraction of sp³-hybridized carbons (Fsp3) is 0.368. The molecule has 2 aromatic carbocycles. The van der Waals surface area contributed by atoms with Gasteiger partial charge in [0, 0.05) is 5.56 Å². The van der Waals surface area contributed by atoms with Gasteiger partial charge in [0.1, 0.15) is 16.4 Å². The summed E-state index contributed by atoms with van der Waals surface area (Å²) in [6.07, 6.45) is 5.52. The Hall–Kier alpha value is -1.05. The van der Waals surface area contributed by atoms with Crippen LogP contribution in [0.25, 0.3) is 0 Å². The summed E-state index contributed by atoms with van der Waals surface area (Å²) in [7, 11) is -4.36. The van der Waals surface area contributed by atoms with Crippen LogP contribution in [0.3, 0.4) is 0 Å². The van der Waals surface area contributed by atoms with Crippen molar-refractivity contribution >= 4 is 10.1 Å². The fourth-order valence-corrected chi connectivity index (χ4v) is 3.45. The molecule has 0 spiro atoms. The van der Waals surface area contributed by atoms with Crippen LogP contribution >= 0.6 is 0 Å². The van der Waals surface area contributed by atoms with Crippen LogP contribution in [0, 0.1) is 0 Å². The average molecular weight is 386 g/mol. The van der Waals surface area contributed by atoms with Gasteiger partial charge in [0.25, 0.3) is 10.1 Å². The largest absolute Gasteiger partial charge is 1.00 e. The zero-order chi connectivity index (χ0) is 18.3. The zero-order valence-electron chi connectivity index (χ0n) is 15.3. The minimum absolute atomic E-state index is 0. The molecular formula is C19H23NaO5S. The maximum atomic E-state index is 11.9. The Morgan fingerprint density at radius 2 is 1.62 bits per heavy atom. The van der Waals surface area contributed by atoms with Gasteiger partial charge in [0.05, 0.1) is 0 Å². The summed E-state index contributed by atoms with van der Waals surface area (Å²) in [4.78, 5) is -0.163. The van der Waals surface area contributed by atoms with Gasteiger partial charge in [0.2, 0.25) is 0 Å². The van der Waals surface area contributed by atoms with Crippen molar-refractivity contribution < 1.29 is 52.4 Å². The topological polar surface area (TPSA) is 86.7 Å². The Bertz CT molecular complexity index is 805. The molecule has 26 heavy (non-hydrogen) atoms. The van der Waals surface area contributed by atoms with Gasteiger partial charge < -0.3 is 9.84 Å². The van der Waals surface area contributed by atoms with E-state index in [-0.39, 0.29) is 51.7 Å². The molecular weight excluding hydrogens is 363 g/mol. The number of ether oxygens (including phenoxy) is 1. The van der Waals surface area contributed by atoms with Gasteiger partial charge in [-0.25, -0.2) is 0 Å². The molecule has 0 amide bonds. The van der Waals surface area contributed by atoms with Crippen LogP contribution in [-0.2, 0) is 16.5 Å². The third-order valence-electron chi connectivity index (χ3n) is 3.97. The summed E-state index contributed by atoms with van der Waals surface area (Å²) in [5.74, 6) is 0.129. The van der Waals surface area contributed by atoms with Gasteiger partial charge in [-0.05, 0) is 31.0 Å². The van der Waals surface area contributed by atoms with Crippen molar-refractivity contribution in [2.24, 2.45) is 0 Å². The van der Waals surface area contributed by atoms with Gasteiger partial charge in [-0.2, -0.15) is 8.42 Å². The zero-order valence-corrected chi connectivity index (χ0v) is 18.1. The molecule has 2 rings (SSSR count). The van der Waals surface area contributed by atoms with Crippen LogP contribution < -0.4 is 39.4 Å². The molecule has 0 saturated heterocycles. The Kier molecular flexibility index (Phi) is 9.68. The van der Waals surface area contributed by atoms with Crippen LogP contribution in [0.4, 0.5) is 0 Å². The monoisotopic (exact) mass is 386 g/mol. The van der Waals surface area contributed by atoms with Crippen LogP contribution in [0.1, 0.15) is 44.6 Å². The maximum Gasteiger partial charge on any atom is 1.00 e. The molecule has 0 radical (unpaired) electrons. The molecule has 0 aliphatic rings.